The van der Waals surface area contributed by atoms with Crippen LogP contribution in [0.4, 0.5) is 0 Å². The molecule has 0 aromatic rings. The van der Waals surface area contributed by atoms with Gasteiger partial charge in [-0.05, 0) is 33.4 Å². The molecule has 0 saturated heterocycles. The van der Waals surface area contributed by atoms with Crippen molar-refractivity contribution in [2.45, 2.75) is 162 Å². The van der Waals surface area contributed by atoms with Crippen molar-refractivity contribution in [3.05, 3.63) is 0 Å². The van der Waals surface area contributed by atoms with Crippen molar-refractivity contribution in [1.29, 1.82) is 0 Å². The van der Waals surface area contributed by atoms with Gasteiger partial charge < -0.3 is 4.90 Å². The molecule has 0 N–H and O–H groups in total. The van der Waals surface area contributed by atoms with Crippen LogP contribution in [0.3, 0.4) is 0 Å². The summed E-state index contributed by atoms with van der Waals surface area (Å²) < 4.78 is 0. The molecule has 0 spiro atoms. The maximum atomic E-state index is 2.59. The Morgan fingerprint density at radius 2 is 0.714 bits per heavy atom. The van der Waals surface area contributed by atoms with Crippen LogP contribution < -0.4 is 0 Å². The molecule has 0 aromatic carbocycles. The molecule has 0 amide bonds. The monoisotopic (exact) mass is 395 g/mol. The molecule has 1 nitrogen and oxygen atoms in total. The van der Waals surface area contributed by atoms with Crippen molar-refractivity contribution >= 4 is 0 Å². The van der Waals surface area contributed by atoms with Crippen LogP contribution in [-0.4, -0.2) is 24.0 Å². The highest BCUT2D eigenvalue weighted by Gasteiger charge is 2.05. The molecule has 0 aliphatic carbocycles. The molecule has 0 aliphatic heterocycles. The van der Waals surface area contributed by atoms with Crippen LogP contribution in [0.2, 0.25) is 0 Å². The van der Waals surface area contributed by atoms with E-state index >= 15 is 0 Å². The second-order valence-electron chi connectivity index (χ2n) is 9.44. The van der Waals surface area contributed by atoms with E-state index in [0.29, 0.717) is 6.04 Å². The van der Waals surface area contributed by atoms with Gasteiger partial charge in [0.05, 0.1) is 0 Å². The zero-order chi connectivity index (χ0) is 20.7. The normalized spacial score (nSPS) is 11.8. The Morgan fingerprint density at radius 3 is 0.964 bits per heavy atom. The van der Waals surface area contributed by atoms with E-state index in [4.69, 9.17) is 0 Å². The predicted octanol–water partition coefficient (Wildman–Crippen LogP) is 9.54. The summed E-state index contributed by atoms with van der Waals surface area (Å²) in [5, 5.41) is 0. The SMILES string of the molecule is CCCCCCCCCCCCCCCCCCCCCCN(CC)C(C)C. The first-order chi connectivity index (χ1) is 13.7. The van der Waals surface area contributed by atoms with Gasteiger partial charge in [0.25, 0.3) is 0 Å². The number of hydrogen-bond acceptors (Lipinski definition) is 1. The first kappa shape index (κ1) is 28.0. The topological polar surface area (TPSA) is 3.24 Å². The van der Waals surface area contributed by atoms with Crippen molar-refractivity contribution in [3.8, 4) is 0 Å². The van der Waals surface area contributed by atoms with Gasteiger partial charge in [-0.2, -0.15) is 0 Å². The van der Waals surface area contributed by atoms with Crippen LogP contribution in [0, 0.1) is 0 Å². The van der Waals surface area contributed by atoms with Crippen LogP contribution in [0.5, 0.6) is 0 Å². The molecule has 0 atom stereocenters. The van der Waals surface area contributed by atoms with E-state index in [0.717, 1.165) is 0 Å². The second kappa shape index (κ2) is 23.2. The standard InChI is InChI=1S/C27H57N/c1-5-7-8-9-10-11-12-13-14-15-16-17-18-19-20-21-22-23-24-25-26-28(6-2)27(3)4/h27H,5-26H2,1-4H3. The highest BCUT2D eigenvalue weighted by molar-refractivity contribution is 4.60. The van der Waals surface area contributed by atoms with Gasteiger partial charge in [-0.15, -0.1) is 0 Å². The number of unbranched alkanes of at least 4 members (excludes halogenated alkanes) is 19. The number of hydrogen-bond donors (Lipinski definition) is 0. The van der Waals surface area contributed by atoms with Gasteiger partial charge >= 0.3 is 0 Å². The minimum Gasteiger partial charge on any atom is -0.301 e. The van der Waals surface area contributed by atoms with Gasteiger partial charge in [0.1, 0.15) is 0 Å². The molecule has 0 saturated carbocycles. The van der Waals surface area contributed by atoms with Crippen LogP contribution in [0.15, 0.2) is 0 Å². The predicted molar refractivity (Wildman–Crippen MR) is 130 cm³/mol. The van der Waals surface area contributed by atoms with E-state index in [2.05, 4.69) is 32.6 Å². The van der Waals surface area contributed by atoms with E-state index in [1.54, 1.807) is 0 Å². The zero-order valence-electron chi connectivity index (χ0n) is 20.6. The van der Waals surface area contributed by atoms with E-state index in [9.17, 15) is 0 Å². The van der Waals surface area contributed by atoms with Crippen molar-refractivity contribution in [2.75, 3.05) is 13.1 Å². The molecule has 0 rings (SSSR count). The molecule has 0 aliphatic rings. The second-order valence-corrected chi connectivity index (χ2v) is 9.44. The van der Waals surface area contributed by atoms with Crippen LogP contribution >= 0.6 is 0 Å². The lowest BCUT2D eigenvalue weighted by molar-refractivity contribution is 0.228. The van der Waals surface area contributed by atoms with Crippen molar-refractivity contribution in [1.82, 2.24) is 4.90 Å². The quantitative estimate of drug-likeness (QED) is 0.156. The number of rotatable bonds is 23. The summed E-state index contributed by atoms with van der Waals surface area (Å²) in [4.78, 5) is 2.59. The van der Waals surface area contributed by atoms with Crippen molar-refractivity contribution in [2.24, 2.45) is 0 Å². The highest BCUT2D eigenvalue weighted by Crippen LogP contribution is 2.15. The molecule has 0 bridgehead atoms. The molecule has 170 valence electrons. The molecule has 0 radical (unpaired) electrons. The number of nitrogens with zero attached hydrogens (tertiary/aromatic N) is 1. The van der Waals surface area contributed by atoms with Crippen LogP contribution in [-0.2, 0) is 0 Å². The maximum absolute atomic E-state index is 2.59. The Morgan fingerprint density at radius 1 is 0.429 bits per heavy atom. The van der Waals surface area contributed by atoms with Crippen LogP contribution in [0.1, 0.15) is 156 Å². The largest absolute Gasteiger partial charge is 0.301 e. The summed E-state index contributed by atoms with van der Waals surface area (Å²) in [5.74, 6) is 0. The average Bonchev–Trinajstić information content (AvgIpc) is 2.69. The summed E-state index contributed by atoms with van der Waals surface area (Å²) in [6.45, 7) is 11.7. The molecule has 0 unspecified atom stereocenters. The fourth-order valence-corrected chi connectivity index (χ4v) is 4.35. The lowest BCUT2D eigenvalue weighted by atomic mass is 10.0. The zero-order valence-corrected chi connectivity index (χ0v) is 20.6. The Bertz CT molecular complexity index is 273. The van der Waals surface area contributed by atoms with E-state index in [1.165, 1.54) is 142 Å². The molecule has 1 heteroatoms. The van der Waals surface area contributed by atoms with E-state index < -0.39 is 0 Å². The molecular weight excluding hydrogens is 338 g/mol. The van der Waals surface area contributed by atoms with Gasteiger partial charge in [-0.25, -0.2) is 0 Å². The Balaban J connectivity index is 3.09. The minimum absolute atomic E-state index is 0.713. The fraction of sp³-hybridized carbons (Fsp3) is 1.00. The summed E-state index contributed by atoms with van der Waals surface area (Å²) in [7, 11) is 0. The van der Waals surface area contributed by atoms with Gasteiger partial charge in [0.15, 0.2) is 0 Å². The molecule has 0 heterocycles. The van der Waals surface area contributed by atoms with Gasteiger partial charge in [-0.1, -0.05) is 136 Å². The Kier molecular flexibility index (Phi) is 23.2. The van der Waals surface area contributed by atoms with E-state index in [-0.39, 0.29) is 0 Å². The van der Waals surface area contributed by atoms with Crippen LogP contribution in [0.25, 0.3) is 0 Å². The van der Waals surface area contributed by atoms with Gasteiger partial charge in [0, 0.05) is 6.04 Å². The summed E-state index contributed by atoms with van der Waals surface area (Å²) >= 11 is 0. The highest BCUT2D eigenvalue weighted by atomic mass is 15.1. The summed E-state index contributed by atoms with van der Waals surface area (Å²) in [6.07, 6.45) is 29.3. The maximum Gasteiger partial charge on any atom is 0.00384 e. The van der Waals surface area contributed by atoms with Gasteiger partial charge in [0.2, 0.25) is 0 Å². The minimum atomic E-state index is 0.713. The molecule has 0 fully saturated rings. The fourth-order valence-electron chi connectivity index (χ4n) is 4.35. The van der Waals surface area contributed by atoms with Gasteiger partial charge in [-0.3, -0.25) is 0 Å². The first-order valence-electron chi connectivity index (χ1n) is 13.5. The molecular formula is C27H57N. The Hall–Kier alpha value is -0.0400. The third-order valence-corrected chi connectivity index (χ3v) is 6.44. The van der Waals surface area contributed by atoms with E-state index in [1.807, 2.05) is 0 Å². The van der Waals surface area contributed by atoms with Crippen molar-refractivity contribution < 1.29 is 0 Å². The average molecular weight is 396 g/mol. The molecule has 28 heavy (non-hydrogen) atoms. The molecule has 0 aromatic heterocycles. The third-order valence-electron chi connectivity index (χ3n) is 6.44. The summed E-state index contributed by atoms with van der Waals surface area (Å²) in [6, 6.07) is 0.713. The smallest absolute Gasteiger partial charge is 0.00384 e. The lowest BCUT2D eigenvalue weighted by Gasteiger charge is -2.24. The summed E-state index contributed by atoms with van der Waals surface area (Å²) in [5.41, 5.74) is 0. The first-order valence-corrected chi connectivity index (χ1v) is 13.5. The third kappa shape index (κ3) is 20.7. The Labute approximate surface area is 180 Å². The lowest BCUT2D eigenvalue weighted by Crippen LogP contribution is -2.31. The van der Waals surface area contributed by atoms with Crippen molar-refractivity contribution in [3.63, 3.8) is 0 Å².